The van der Waals surface area contributed by atoms with Gasteiger partial charge in [-0.1, -0.05) is 6.08 Å². The predicted molar refractivity (Wildman–Crippen MR) is 78.3 cm³/mol. The van der Waals surface area contributed by atoms with E-state index in [1.807, 2.05) is 12.1 Å². The molecule has 2 aliphatic heterocycles. The van der Waals surface area contributed by atoms with Crippen LogP contribution in [0, 0.1) is 0 Å². The third-order valence-corrected chi connectivity index (χ3v) is 4.23. The molecule has 4 rings (SSSR count). The largest absolute Gasteiger partial charge is 0.461 e. The summed E-state index contributed by atoms with van der Waals surface area (Å²) >= 11 is 0. The molecular weight excluding hydrogens is 250 g/mol. The Balaban J connectivity index is 1.85. The van der Waals surface area contributed by atoms with Gasteiger partial charge in [-0.2, -0.15) is 0 Å². The zero-order valence-electron chi connectivity index (χ0n) is 11.6. The molecule has 0 fully saturated rings. The van der Waals surface area contributed by atoms with E-state index in [0.717, 1.165) is 44.1 Å². The second-order valence-electron chi connectivity index (χ2n) is 5.50. The Hall–Kier alpha value is -1.81. The van der Waals surface area contributed by atoms with Crippen molar-refractivity contribution in [1.82, 2.24) is 14.9 Å². The molecule has 0 radical (unpaired) electrons. The van der Waals surface area contributed by atoms with Crippen LogP contribution in [0.25, 0.3) is 17.2 Å². The molecule has 2 aromatic rings. The highest BCUT2D eigenvalue weighted by atomic mass is 16.3. The molecule has 1 N–H and O–H groups in total. The van der Waals surface area contributed by atoms with Gasteiger partial charge in [0.1, 0.15) is 0 Å². The molecule has 0 saturated carbocycles. The maximum absolute atomic E-state index is 5.57. The van der Waals surface area contributed by atoms with E-state index < -0.39 is 0 Å². The molecule has 0 amide bonds. The zero-order valence-corrected chi connectivity index (χ0v) is 11.6. The first-order valence-corrected chi connectivity index (χ1v) is 7.47. The van der Waals surface area contributed by atoms with Crippen molar-refractivity contribution in [3.05, 3.63) is 35.9 Å². The number of fused-ring (bicyclic) bond motifs is 1. The SMILES string of the molecule is C1=C(c2nc(-c3ccco3)n3c2CCCC3)CCNC1. The third kappa shape index (κ3) is 1.91. The van der Waals surface area contributed by atoms with Gasteiger partial charge >= 0.3 is 0 Å². The van der Waals surface area contributed by atoms with Crippen LogP contribution in [0.3, 0.4) is 0 Å². The molecule has 0 spiro atoms. The maximum Gasteiger partial charge on any atom is 0.176 e. The minimum absolute atomic E-state index is 0.883. The molecule has 4 heteroatoms. The van der Waals surface area contributed by atoms with Gasteiger partial charge in [0, 0.05) is 18.8 Å². The molecule has 4 nitrogen and oxygen atoms in total. The highest BCUT2D eigenvalue weighted by molar-refractivity contribution is 5.68. The average molecular weight is 269 g/mol. The van der Waals surface area contributed by atoms with Gasteiger partial charge in [0.2, 0.25) is 0 Å². The van der Waals surface area contributed by atoms with Crippen molar-refractivity contribution in [2.24, 2.45) is 0 Å². The van der Waals surface area contributed by atoms with E-state index in [9.17, 15) is 0 Å². The molecule has 4 heterocycles. The van der Waals surface area contributed by atoms with Crippen molar-refractivity contribution in [3.63, 3.8) is 0 Å². The first-order chi connectivity index (χ1) is 9.93. The highest BCUT2D eigenvalue weighted by Gasteiger charge is 2.24. The van der Waals surface area contributed by atoms with Crippen molar-refractivity contribution < 1.29 is 4.42 Å². The van der Waals surface area contributed by atoms with E-state index in [2.05, 4.69) is 16.0 Å². The standard InChI is InChI=1S/C16H19N3O/c1-2-10-19-13(4-1)15(12-6-8-17-9-7-12)18-16(19)14-5-3-11-20-14/h3,5-6,11,17H,1-2,4,7-10H2. The molecule has 104 valence electrons. The minimum Gasteiger partial charge on any atom is -0.461 e. The summed E-state index contributed by atoms with van der Waals surface area (Å²) in [6, 6.07) is 3.94. The Morgan fingerprint density at radius 1 is 1.25 bits per heavy atom. The molecule has 2 aliphatic rings. The smallest absolute Gasteiger partial charge is 0.176 e. The molecule has 20 heavy (non-hydrogen) atoms. The number of hydrogen-bond donors (Lipinski definition) is 1. The van der Waals surface area contributed by atoms with Crippen LogP contribution in [0.2, 0.25) is 0 Å². The number of hydrogen-bond acceptors (Lipinski definition) is 3. The van der Waals surface area contributed by atoms with Crippen LogP contribution in [-0.4, -0.2) is 22.6 Å². The van der Waals surface area contributed by atoms with E-state index >= 15 is 0 Å². The predicted octanol–water partition coefficient (Wildman–Crippen LogP) is 2.86. The molecule has 0 saturated heterocycles. The number of furan rings is 1. The fourth-order valence-electron chi connectivity index (χ4n) is 3.23. The average Bonchev–Trinajstić information content (AvgIpc) is 3.15. The quantitative estimate of drug-likeness (QED) is 0.911. The van der Waals surface area contributed by atoms with Gasteiger partial charge in [0.05, 0.1) is 12.0 Å². The van der Waals surface area contributed by atoms with E-state index in [1.54, 1.807) is 6.26 Å². The fourth-order valence-corrected chi connectivity index (χ4v) is 3.23. The number of rotatable bonds is 2. The van der Waals surface area contributed by atoms with Crippen LogP contribution in [0.1, 0.15) is 30.7 Å². The monoisotopic (exact) mass is 269 g/mol. The van der Waals surface area contributed by atoms with Gasteiger partial charge in [0.15, 0.2) is 11.6 Å². The number of nitrogens with zero attached hydrogens (tertiary/aromatic N) is 2. The Morgan fingerprint density at radius 2 is 2.25 bits per heavy atom. The second-order valence-corrected chi connectivity index (χ2v) is 5.50. The summed E-state index contributed by atoms with van der Waals surface area (Å²) in [5, 5.41) is 3.37. The summed E-state index contributed by atoms with van der Waals surface area (Å²) in [4.78, 5) is 4.93. The van der Waals surface area contributed by atoms with E-state index in [0.29, 0.717) is 0 Å². The summed E-state index contributed by atoms with van der Waals surface area (Å²) < 4.78 is 7.93. The third-order valence-electron chi connectivity index (χ3n) is 4.23. The minimum atomic E-state index is 0.883. The van der Waals surface area contributed by atoms with Gasteiger partial charge in [-0.3, -0.25) is 0 Å². The van der Waals surface area contributed by atoms with Crippen LogP contribution in [0.4, 0.5) is 0 Å². The number of nitrogens with one attached hydrogen (secondary N) is 1. The lowest BCUT2D eigenvalue weighted by atomic mass is 10.0. The summed E-state index contributed by atoms with van der Waals surface area (Å²) in [5.41, 5.74) is 4.00. The van der Waals surface area contributed by atoms with Crippen molar-refractivity contribution >= 4 is 5.57 Å². The van der Waals surface area contributed by atoms with E-state index in [1.165, 1.54) is 29.8 Å². The van der Waals surface area contributed by atoms with Crippen LogP contribution in [0.15, 0.2) is 28.9 Å². The number of imidazole rings is 1. The first-order valence-electron chi connectivity index (χ1n) is 7.47. The van der Waals surface area contributed by atoms with Crippen LogP contribution < -0.4 is 5.32 Å². The normalized spacial score (nSPS) is 18.7. The lowest BCUT2D eigenvalue weighted by Gasteiger charge is -2.18. The summed E-state index contributed by atoms with van der Waals surface area (Å²) in [7, 11) is 0. The Labute approximate surface area is 118 Å². The van der Waals surface area contributed by atoms with E-state index in [4.69, 9.17) is 9.40 Å². The fraction of sp³-hybridized carbons (Fsp3) is 0.438. The maximum atomic E-state index is 5.57. The van der Waals surface area contributed by atoms with Crippen LogP contribution in [0.5, 0.6) is 0 Å². The molecule has 0 aromatic carbocycles. The summed E-state index contributed by atoms with van der Waals surface area (Å²) in [6.45, 7) is 3.07. The molecule has 2 aromatic heterocycles. The Bertz CT molecular complexity index is 637. The molecule has 0 unspecified atom stereocenters. The summed E-state index contributed by atoms with van der Waals surface area (Å²) in [6.07, 6.45) is 8.71. The topological polar surface area (TPSA) is 43.0 Å². The highest BCUT2D eigenvalue weighted by Crippen LogP contribution is 2.32. The lowest BCUT2D eigenvalue weighted by molar-refractivity contribution is 0.520. The Kier molecular flexibility index (Phi) is 2.96. The first kappa shape index (κ1) is 12.0. The van der Waals surface area contributed by atoms with Gasteiger partial charge in [-0.15, -0.1) is 0 Å². The van der Waals surface area contributed by atoms with Crippen LogP contribution in [-0.2, 0) is 13.0 Å². The van der Waals surface area contributed by atoms with Gasteiger partial charge in [-0.25, -0.2) is 4.98 Å². The number of aromatic nitrogens is 2. The van der Waals surface area contributed by atoms with Crippen LogP contribution >= 0.6 is 0 Å². The molecule has 0 bridgehead atoms. The molecular formula is C16H19N3O. The lowest BCUT2D eigenvalue weighted by Crippen LogP contribution is -2.20. The summed E-state index contributed by atoms with van der Waals surface area (Å²) in [5.74, 6) is 1.88. The van der Waals surface area contributed by atoms with Crippen molar-refractivity contribution in [1.29, 1.82) is 0 Å². The second kappa shape index (κ2) is 4.94. The van der Waals surface area contributed by atoms with Crippen molar-refractivity contribution in [3.8, 4) is 11.6 Å². The molecule has 0 aliphatic carbocycles. The van der Waals surface area contributed by atoms with Gasteiger partial charge < -0.3 is 14.3 Å². The van der Waals surface area contributed by atoms with E-state index in [-0.39, 0.29) is 0 Å². The van der Waals surface area contributed by atoms with Crippen molar-refractivity contribution in [2.45, 2.75) is 32.2 Å². The zero-order chi connectivity index (χ0) is 13.4. The van der Waals surface area contributed by atoms with Gasteiger partial charge in [0.25, 0.3) is 0 Å². The molecule has 0 atom stereocenters. The van der Waals surface area contributed by atoms with Crippen molar-refractivity contribution in [2.75, 3.05) is 13.1 Å². The van der Waals surface area contributed by atoms with Gasteiger partial charge in [-0.05, 0) is 49.9 Å². The Morgan fingerprint density at radius 3 is 3.05 bits per heavy atom.